The van der Waals surface area contributed by atoms with E-state index in [9.17, 15) is 9.90 Å². The number of anilines is 1. The fourth-order valence-corrected chi connectivity index (χ4v) is 3.85. The highest BCUT2D eigenvalue weighted by Gasteiger charge is 2.52. The van der Waals surface area contributed by atoms with Crippen molar-refractivity contribution in [1.82, 2.24) is 10.2 Å². The van der Waals surface area contributed by atoms with Crippen LogP contribution in [0.15, 0.2) is 30.3 Å². The van der Waals surface area contributed by atoms with Crippen LogP contribution in [0.25, 0.3) is 0 Å². The van der Waals surface area contributed by atoms with E-state index < -0.39 is 18.4 Å². The number of para-hydroxylation sites is 1. The van der Waals surface area contributed by atoms with E-state index >= 15 is 0 Å². The smallest absolute Gasteiger partial charge is 0.319 e. The van der Waals surface area contributed by atoms with E-state index in [-0.39, 0.29) is 18.2 Å². The van der Waals surface area contributed by atoms with E-state index in [4.69, 9.17) is 9.47 Å². The van der Waals surface area contributed by atoms with Crippen LogP contribution in [0.2, 0.25) is 0 Å². The molecule has 1 aromatic carbocycles. The Morgan fingerprint density at radius 2 is 1.96 bits per heavy atom. The number of benzene rings is 1. The zero-order valence-corrected chi connectivity index (χ0v) is 13.4. The molecule has 5 unspecified atom stereocenters. The van der Waals surface area contributed by atoms with Crippen molar-refractivity contribution >= 4 is 11.7 Å². The summed E-state index contributed by atoms with van der Waals surface area (Å²) in [5.41, 5.74) is 0.706. The number of hydrogen-bond donors (Lipinski definition) is 3. The Hall–Kier alpha value is -1.67. The molecule has 3 aliphatic heterocycles. The summed E-state index contributed by atoms with van der Waals surface area (Å²) in [4.78, 5) is 14.5. The number of urea groups is 1. The third kappa shape index (κ3) is 3.00. The van der Waals surface area contributed by atoms with Gasteiger partial charge in [0.2, 0.25) is 0 Å². The van der Waals surface area contributed by atoms with Crippen LogP contribution in [0.1, 0.15) is 12.8 Å². The molecule has 5 atom stereocenters. The Balaban J connectivity index is 1.44. The van der Waals surface area contributed by atoms with Gasteiger partial charge in [-0.2, -0.15) is 0 Å². The molecule has 0 radical (unpaired) electrons. The highest BCUT2D eigenvalue weighted by atomic mass is 16.7. The molecule has 4 rings (SSSR count). The van der Waals surface area contributed by atoms with Gasteiger partial charge in [0.25, 0.3) is 0 Å². The molecule has 24 heavy (non-hydrogen) atoms. The molecule has 3 N–H and O–H groups in total. The normalized spacial score (nSPS) is 35.8. The van der Waals surface area contributed by atoms with Gasteiger partial charge >= 0.3 is 6.03 Å². The lowest BCUT2D eigenvalue weighted by molar-refractivity contribution is -0.177. The van der Waals surface area contributed by atoms with E-state index in [0.29, 0.717) is 12.3 Å². The van der Waals surface area contributed by atoms with Crippen molar-refractivity contribution in [2.45, 2.75) is 43.4 Å². The topological polar surface area (TPSA) is 83.1 Å². The number of aliphatic hydroxyl groups excluding tert-OH is 1. The molecule has 2 bridgehead atoms. The minimum absolute atomic E-state index is 0.228. The number of nitrogens with zero attached hydrogens (tertiary/aromatic N) is 1. The summed E-state index contributed by atoms with van der Waals surface area (Å²) in [6.45, 7) is 2.25. The molecule has 0 aliphatic carbocycles. The summed E-state index contributed by atoms with van der Waals surface area (Å²) in [5.74, 6) is 0. The second-order valence-electron chi connectivity index (χ2n) is 6.59. The first-order chi connectivity index (χ1) is 11.7. The first-order valence-corrected chi connectivity index (χ1v) is 8.54. The fourth-order valence-electron chi connectivity index (χ4n) is 3.85. The highest BCUT2D eigenvalue weighted by Crippen LogP contribution is 2.32. The monoisotopic (exact) mass is 333 g/mol. The maximum Gasteiger partial charge on any atom is 0.319 e. The number of fused-ring (bicyclic) bond motifs is 2. The molecule has 1 aromatic rings. The summed E-state index contributed by atoms with van der Waals surface area (Å²) in [7, 11) is 0. The van der Waals surface area contributed by atoms with Crippen LogP contribution in [0.4, 0.5) is 10.5 Å². The standard InChI is InChI=1S/C17H23N3O4/c21-15-13(19-17(22)18-11-6-2-1-3-7-11)12-10-23-16(24-12)14(15)20-8-4-5-9-20/h1-3,6-7,12-16,21H,4-5,8-10H2,(H2,18,19,22). The van der Waals surface area contributed by atoms with Gasteiger partial charge in [0.15, 0.2) is 6.29 Å². The summed E-state index contributed by atoms with van der Waals surface area (Å²) in [5, 5.41) is 16.5. The fraction of sp³-hybridized carbons (Fsp3) is 0.588. The Kier molecular flexibility index (Phi) is 4.41. The Bertz CT molecular complexity index is 576. The van der Waals surface area contributed by atoms with Crippen LogP contribution in [0.5, 0.6) is 0 Å². The Morgan fingerprint density at radius 1 is 1.21 bits per heavy atom. The maximum atomic E-state index is 12.3. The third-order valence-electron chi connectivity index (χ3n) is 5.02. The number of rotatable bonds is 3. The lowest BCUT2D eigenvalue weighted by Gasteiger charge is -2.42. The van der Waals surface area contributed by atoms with Gasteiger partial charge in [0.05, 0.1) is 24.8 Å². The number of carbonyl (C=O) groups is 1. The molecule has 2 amide bonds. The predicted molar refractivity (Wildman–Crippen MR) is 87.6 cm³/mol. The van der Waals surface area contributed by atoms with Crippen molar-refractivity contribution in [1.29, 1.82) is 0 Å². The minimum atomic E-state index is -0.712. The van der Waals surface area contributed by atoms with Gasteiger partial charge in [0, 0.05) is 5.69 Å². The number of aliphatic hydroxyl groups is 1. The predicted octanol–water partition coefficient (Wildman–Crippen LogP) is 0.757. The lowest BCUT2D eigenvalue weighted by atomic mass is 9.95. The van der Waals surface area contributed by atoms with Gasteiger partial charge in [0.1, 0.15) is 6.10 Å². The summed E-state index contributed by atoms with van der Waals surface area (Å²) >= 11 is 0. The molecular weight excluding hydrogens is 310 g/mol. The SMILES string of the molecule is O=C(Nc1ccccc1)NC1C2COC(O2)C(N2CCCC2)C1O. The van der Waals surface area contributed by atoms with Crippen molar-refractivity contribution in [3.8, 4) is 0 Å². The Morgan fingerprint density at radius 3 is 2.71 bits per heavy atom. The molecular formula is C17H23N3O4. The van der Waals surface area contributed by atoms with Crippen LogP contribution < -0.4 is 10.6 Å². The van der Waals surface area contributed by atoms with Crippen molar-refractivity contribution in [3.05, 3.63) is 30.3 Å². The second-order valence-corrected chi connectivity index (χ2v) is 6.59. The first kappa shape index (κ1) is 15.8. The summed E-state index contributed by atoms with van der Waals surface area (Å²) < 4.78 is 11.6. The molecule has 0 saturated carbocycles. The number of carbonyl (C=O) groups excluding carboxylic acids is 1. The lowest BCUT2D eigenvalue weighted by Crippen LogP contribution is -2.65. The van der Waals surface area contributed by atoms with Crippen molar-refractivity contribution in [3.63, 3.8) is 0 Å². The molecule has 0 aromatic heterocycles. The van der Waals surface area contributed by atoms with Crippen LogP contribution >= 0.6 is 0 Å². The van der Waals surface area contributed by atoms with Gasteiger partial charge in [-0.3, -0.25) is 4.90 Å². The molecule has 130 valence electrons. The average Bonchev–Trinajstić information content (AvgIpc) is 3.24. The van der Waals surface area contributed by atoms with Crippen molar-refractivity contribution in [2.24, 2.45) is 0 Å². The zero-order chi connectivity index (χ0) is 16.5. The molecule has 7 heteroatoms. The summed E-state index contributed by atoms with van der Waals surface area (Å²) in [6.07, 6.45) is 0.803. The summed E-state index contributed by atoms with van der Waals surface area (Å²) in [6, 6.07) is 8.16. The van der Waals surface area contributed by atoms with Crippen molar-refractivity contribution in [2.75, 3.05) is 25.0 Å². The van der Waals surface area contributed by atoms with E-state index in [1.165, 1.54) is 0 Å². The highest BCUT2D eigenvalue weighted by molar-refractivity contribution is 5.89. The Labute approximate surface area is 140 Å². The van der Waals surface area contributed by atoms with Gasteiger partial charge in [-0.25, -0.2) is 4.79 Å². The van der Waals surface area contributed by atoms with E-state index in [2.05, 4.69) is 15.5 Å². The van der Waals surface area contributed by atoms with E-state index in [0.717, 1.165) is 25.9 Å². The molecule has 3 aliphatic rings. The largest absolute Gasteiger partial charge is 0.389 e. The number of ether oxygens (including phenoxy) is 2. The number of likely N-dealkylation sites (tertiary alicyclic amines) is 1. The van der Waals surface area contributed by atoms with Crippen molar-refractivity contribution < 1.29 is 19.4 Å². The molecule has 3 heterocycles. The minimum Gasteiger partial charge on any atom is -0.389 e. The first-order valence-electron chi connectivity index (χ1n) is 8.54. The average molecular weight is 333 g/mol. The molecule has 7 nitrogen and oxygen atoms in total. The quantitative estimate of drug-likeness (QED) is 0.761. The third-order valence-corrected chi connectivity index (χ3v) is 5.02. The van der Waals surface area contributed by atoms with Gasteiger partial charge in [-0.1, -0.05) is 18.2 Å². The van der Waals surface area contributed by atoms with Gasteiger partial charge in [-0.15, -0.1) is 0 Å². The molecule has 3 saturated heterocycles. The molecule has 3 fully saturated rings. The van der Waals surface area contributed by atoms with Gasteiger partial charge < -0.3 is 25.2 Å². The number of nitrogens with one attached hydrogen (secondary N) is 2. The zero-order valence-electron chi connectivity index (χ0n) is 13.4. The number of amides is 2. The van der Waals surface area contributed by atoms with E-state index in [1.54, 1.807) is 0 Å². The number of hydrogen-bond acceptors (Lipinski definition) is 5. The van der Waals surface area contributed by atoms with Crippen LogP contribution in [-0.2, 0) is 9.47 Å². The van der Waals surface area contributed by atoms with Crippen LogP contribution in [-0.4, -0.2) is 66.3 Å². The molecule has 0 spiro atoms. The second kappa shape index (κ2) is 6.68. The van der Waals surface area contributed by atoms with Crippen LogP contribution in [0, 0.1) is 0 Å². The van der Waals surface area contributed by atoms with Crippen LogP contribution in [0.3, 0.4) is 0 Å². The maximum absolute atomic E-state index is 12.3. The van der Waals surface area contributed by atoms with Gasteiger partial charge in [-0.05, 0) is 38.1 Å². The van der Waals surface area contributed by atoms with E-state index in [1.807, 2.05) is 30.3 Å².